The summed E-state index contributed by atoms with van der Waals surface area (Å²) < 4.78 is 11.2. The van der Waals surface area contributed by atoms with E-state index >= 15 is 0 Å². The van der Waals surface area contributed by atoms with E-state index in [-0.39, 0.29) is 5.91 Å². The Morgan fingerprint density at radius 2 is 1.74 bits per heavy atom. The molecule has 0 spiro atoms. The van der Waals surface area contributed by atoms with Crippen molar-refractivity contribution in [2.45, 2.75) is 26.7 Å². The van der Waals surface area contributed by atoms with Crippen molar-refractivity contribution in [2.24, 2.45) is 0 Å². The number of benzene rings is 2. The number of hydrogen-bond donors (Lipinski definition) is 2. The number of aromatic amines is 1. The fourth-order valence-electron chi connectivity index (χ4n) is 3.06. The van der Waals surface area contributed by atoms with Gasteiger partial charge in [-0.2, -0.15) is 0 Å². The predicted octanol–water partition coefficient (Wildman–Crippen LogP) is 3.87. The Kier molecular flexibility index (Phi) is 6.36. The summed E-state index contributed by atoms with van der Waals surface area (Å²) in [4.78, 5) is 15.4. The van der Waals surface area contributed by atoms with Gasteiger partial charge < -0.3 is 19.8 Å². The fraction of sp³-hybridized carbons (Fsp3) is 0.318. The molecule has 5 heteroatoms. The van der Waals surface area contributed by atoms with E-state index in [0.29, 0.717) is 26.2 Å². The van der Waals surface area contributed by atoms with Crippen molar-refractivity contribution in [2.75, 3.05) is 19.8 Å². The van der Waals surface area contributed by atoms with Crippen LogP contribution in [0.4, 0.5) is 0 Å². The summed E-state index contributed by atoms with van der Waals surface area (Å²) in [6.07, 6.45) is 3.03. The summed E-state index contributed by atoms with van der Waals surface area (Å²) in [5, 5.41) is 4.12. The van der Waals surface area contributed by atoms with Crippen molar-refractivity contribution >= 4 is 16.8 Å². The Bertz CT molecular complexity index is 901. The van der Waals surface area contributed by atoms with Crippen LogP contribution in [0.1, 0.15) is 25.0 Å². The molecule has 0 unspecified atom stereocenters. The van der Waals surface area contributed by atoms with Crippen LogP contribution in [-0.2, 0) is 17.6 Å². The Morgan fingerprint density at radius 3 is 2.56 bits per heavy atom. The molecule has 1 amide bonds. The molecule has 3 aromatic rings. The van der Waals surface area contributed by atoms with Crippen molar-refractivity contribution in [1.29, 1.82) is 0 Å². The lowest BCUT2D eigenvalue weighted by Gasteiger charge is -2.12. The molecule has 3 rings (SSSR count). The molecule has 1 heterocycles. The molecule has 1 aromatic heterocycles. The Balaban J connectivity index is 1.52. The number of amides is 1. The van der Waals surface area contributed by atoms with Gasteiger partial charge in [0.05, 0.1) is 19.6 Å². The molecule has 0 radical (unpaired) electrons. The van der Waals surface area contributed by atoms with Gasteiger partial charge in [0, 0.05) is 18.3 Å². The lowest BCUT2D eigenvalue weighted by atomic mass is 10.1. The van der Waals surface area contributed by atoms with Crippen molar-refractivity contribution in [3.63, 3.8) is 0 Å². The summed E-state index contributed by atoms with van der Waals surface area (Å²) in [6.45, 7) is 5.68. The molecule has 0 saturated heterocycles. The van der Waals surface area contributed by atoms with Crippen molar-refractivity contribution < 1.29 is 14.3 Å². The van der Waals surface area contributed by atoms with Crippen molar-refractivity contribution in [3.05, 3.63) is 59.8 Å². The largest absolute Gasteiger partial charge is 0.490 e. The second-order valence-electron chi connectivity index (χ2n) is 6.32. The Labute approximate surface area is 159 Å². The van der Waals surface area contributed by atoms with Gasteiger partial charge in [-0.3, -0.25) is 4.79 Å². The van der Waals surface area contributed by atoms with Gasteiger partial charge in [-0.15, -0.1) is 0 Å². The average Bonchev–Trinajstić information content (AvgIpc) is 3.12. The first-order chi connectivity index (χ1) is 13.2. The number of ether oxygens (including phenoxy) is 2. The Hall–Kier alpha value is -2.95. The Morgan fingerprint density at radius 1 is 0.963 bits per heavy atom. The van der Waals surface area contributed by atoms with Crippen LogP contribution in [0.3, 0.4) is 0 Å². The minimum atomic E-state index is 0.0286. The van der Waals surface area contributed by atoms with Crippen molar-refractivity contribution in [3.8, 4) is 11.5 Å². The molecule has 2 N–H and O–H groups in total. The SMILES string of the molecule is CCOc1ccc(CCNC(=O)Cc2ccc3[nH]ccc3c2)cc1OCC. The van der Waals surface area contributed by atoms with Crippen LogP contribution in [0.15, 0.2) is 48.7 Å². The number of carbonyl (C=O) groups is 1. The molecular formula is C22H26N2O3. The van der Waals surface area contributed by atoms with Gasteiger partial charge in [0.2, 0.25) is 5.91 Å². The minimum Gasteiger partial charge on any atom is -0.490 e. The quantitative estimate of drug-likeness (QED) is 0.604. The first-order valence-corrected chi connectivity index (χ1v) is 9.40. The van der Waals surface area contributed by atoms with E-state index in [4.69, 9.17) is 9.47 Å². The minimum absolute atomic E-state index is 0.0286. The highest BCUT2D eigenvalue weighted by Crippen LogP contribution is 2.28. The van der Waals surface area contributed by atoms with E-state index < -0.39 is 0 Å². The predicted molar refractivity (Wildman–Crippen MR) is 107 cm³/mol. The first-order valence-electron chi connectivity index (χ1n) is 9.40. The lowest BCUT2D eigenvalue weighted by Crippen LogP contribution is -2.27. The molecule has 0 aliphatic rings. The van der Waals surface area contributed by atoms with E-state index in [1.807, 2.05) is 62.5 Å². The molecule has 5 nitrogen and oxygen atoms in total. The van der Waals surface area contributed by atoms with Crippen LogP contribution >= 0.6 is 0 Å². The summed E-state index contributed by atoms with van der Waals surface area (Å²) in [5.74, 6) is 1.54. The van der Waals surface area contributed by atoms with E-state index in [1.54, 1.807) is 0 Å². The highest BCUT2D eigenvalue weighted by atomic mass is 16.5. The lowest BCUT2D eigenvalue weighted by molar-refractivity contribution is -0.120. The maximum Gasteiger partial charge on any atom is 0.224 e. The second kappa shape index (κ2) is 9.12. The van der Waals surface area contributed by atoms with E-state index in [9.17, 15) is 4.79 Å². The van der Waals surface area contributed by atoms with Gasteiger partial charge in [0.25, 0.3) is 0 Å². The zero-order valence-corrected chi connectivity index (χ0v) is 15.9. The standard InChI is InChI=1S/C22H26N2O3/c1-3-26-20-8-6-16(14-21(20)27-4-2)9-11-24-22(25)15-17-5-7-19-18(13-17)10-12-23-19/h5-8,10,12-14,23H,3-4,9,11,15H2,1-2H3,(H,24,25). The fourth-order valence-corrected chi connectivity index (χ4v) is 3.06. The molecule has 0 saturated carbocycles. The van der Waals surface area contributed by atoms with Crippen LogP contribution in [0, 0.1) is 0 Å². The maximum absolute atomic E-state index is 12.2. The third-order valence-electron chi connectivity index (χ3n) is 4.33. The number of H-pyrrole nitrogens is 1. The summed E-state index contributed by atoms with van der Waals surface area (Å²) in [5.41, 5.74) is 3.20. The molecule has 0 aliphatic carbocycles. The van der Waals surface area contributed by atoms with Gasteiger partial charge in [-0.05, 0) is 67.1 Å². The summed E-state index contributed by atoms with van der Waals surface area (Å²) >= 11 is 0. The normalized spacial score (nSPS) is 10.7. The van der Waals surface area contributed by atoms with E-state index in [0.717, 1.165) is 39.9 Å². The number of fused-ring (bicyclic) bond motifs is 1. The van der Waals surface area contributed by atoms with Gasteiger partial charge in [-0.25, -0.2) is 0 Å². The van der Waals surface area contributed by atoms with Gasteiger partial charge in [0.1, 0.15) is 0 Å². The third kappa shape index (κ3) is 5.03. The van der Waals surface area contributed by atoms with Crippen LogP contribution in [0.25, 0.3) is 10.9 Å². The molecule has 0 fully saturated rings. The number of rotatable bonds is 9. The monoisotopic (exact) mass is 366 g/mol. The zero-order chi connectivity index (χ0) is 19.1. The summed E-state index contributed by atoms with van der Waals surface area (Å²) in [7, 11) is 0. The molecule has 2 aromatic carbocycles. The first kappa shape index (κ1) is 18.8. The van der Waals surface area contributed by atoms with Gasteiger partial charge in [0.15, 0.2) is 11.5 Å². The van der Waals surface area contributed by atoms with E-state index in [2.05, 4.69) is 10.3 Å². The number of aromatic nitrogens is 1. The summed E-state index contributed by atoms with van der Waals surface area (Å²) in [6, 6.07) is 14.0. The molecule has 142 valence electrons. The van der Waals surface area contributed by atoms with Gasteiger partial charge in [-0.1, -0.05) is 12.1 Å². The highest BCUT2D eigenvalue weighted by Gasteiger charge is 2.08. The maximum atomic E-state index is 12.2. The van der Waals surface area contributed by atoms with Crippen LogP contribution in [-0.4, -0.2) is 30.6 Å². The molecular weight excluding hydrogens is 340 g/mol. The topological polar surface area (TPSA) is 63.3 Å². The smallest absolute Gasteiger partial charge is 0.224 e. The van der Waals surface area contributed by atoms with Crippen LogP contribution in [0.5, 0.6) is 11.5 Å². The molecule has 0 aliphatic heterocycles. The van der Waals surface area contributed by atoms with Gasteiger partial charge >= 0.3 is 0 Å². The molecule has 0 bridgehead atoms. The second-order valence-corrected chi connectivity index (χ2v) is 6.32. The van der Waals surface area contributed by atoms with Crippen molar-refractivity contribution in [1.82, 2.24) is 10.3 Å². The van der Waals surface area contributed by atoms with E-state index in [1.165, 1.54) is 0 Å². The average molecular weight is 366 g/mol. The highest BCUT2D eigenvalue weighted by molar-refractivity contribution is 5.83. The van der Waals surface area contributed by atoms with Crippen LogP contribution < -0.4 is 14.8 Å². The number of carbonyl (C=O) groups excluding carboxylic acids is 1. The molecule has 27 heavy (non-hydrogen) atoms. The molecule has 0 atom stereocenters. The number of nitrogens with one attached hydrogen (secondary N) is 2. The third-order valence-corrected chi connectivity index (χ3v) is 4.33. The zero-order valence-electron chi connectivity index (χ0n) is 15.9. The number of hydrogen-bond acceptors (Lipinski definition) is 3. The van der Waals surface area contributed by atoms with Crippen LogP contribution in [0.2, 0.25) is 0 Å².